The fourth-order valence-electron chi connectivity index (χ4n) is 2.67. The molecule has 2 heterocycles. The lowest BCUT2D eigenvalue weighted by Gasteiger charge is -2.40. The van der Waals surface area contributed by atoms with Gasteiger partial charge in [-0.1, -0.05) is 20.8 Å². The average Bonchev–Trinajstić information content (AvgIpc) is 2.91. The van der Waals surface area contributed by atoms with Crippen LogP contribution in [0.3, 0.4) is 0 Å². The molecule has 20 heavy (non-hydrogen) atoms. The molecule has 1 saturated heterocycles. The first-order valence-electron chi connectivity index (χ1n) is 7.16. The summed E-state index contributed by atoms with van der Waals surface area (Å²) in [6.07, 6.45) is 1.45. The summed E-state index contributed by atoms with van der Waals surface area (Å²) in [6.45, 7) is 6.51. The molecule has 5 heteroatoms. The van der Waals surface area contributed by atoms with Crippen molar-refractivity contribution in [1.82, 2.24) is 10.2 Å². The topological polar surface area (TPSA) is 49.4 Å². The number of carbonyl (C=O) groups excluding carboxylic acids is 2. The summed E-state index contributed by atoms with van der Waals surface area (Å²) in [6, 6.07) is 1.37. The van der Waals surface area contributed by atoms with E-state index in [1.807, 2.05) is 26.2 Å². The third kappa shape index (κ3) is 3.03. The number of nitrogens with one attached hydrogen (secondary N) is 1. The third-order valence-corrected chi connectivity index (χ3v) is 4.50. The van der Waals surface area contributed by atoms with E-state index in [2.05, 4.69) is 16.8 Å². The minimum atomic E-state index is -0.361. The van der Waals surface area contributed by atoms with Gasteiger partial charge in [-0.2, -0.15) is 11.3 Å². The number of rotatable bonds is 5. The molecule has 2 unspecified atom stereocenters. The zero-order valence-corrected chi connectivity index (χ0v) is 13.1. The average molecular weight is 294 g/mol. The van der Waals surface area contributed by atoms with Gasteiger partial charge in [0.1, 0.15) is 12.1 Å². The Morgan fingerprint density at radius 1 is 1.40 bits per heavy atom. The van der Waals surface area contributed by atoms with E-state index >= 15 is 0 Å². The molecule has 1 fully saturated rings. The monoisotopic (exact) mass is 294 g/mol. The normalized spacial score (nSPS) is 23.3. The van der Waals surface area contributed by atoms with Crippen molar-refractivity contribution in [3.8, 4) is 0 Å². The standard InChI is InChI=1S/C15H22N2O2S/c1-4-12-15(19)17(7-5-11-6-8-20-9-11)13(10(2)3)14(18)16-12/h6,8-10,12-13H,4-5,7H2,1-3H3,(H,16,18). The van der Waals surface area contributed by atoms with Crippen LogP contribution in [0.25, 0.3) is 0 Å². The maximum absolute atomic E-state index is 12.5. The number of hydrogen-bond acceptors (Lipinski definition) is 3. The first kappa shape index (κ1) is 15.0. The lowest BCUT2D eigenvalue weighted by molar-refractivity contribution is -0.151. The maximum atomic E-state index is 12.5. The fraction of sp³-hybridized carbons (Fsp3) is 0.600. The van der Waals surface area contributed by atoms with Crippen LogP contribution in [0.2, 0.25) is 0 Å². The molecule has 0 bridgehead atoms. The third-order valence-electron chi connectivity index (χ3n) is 3.76. The van der Waals surface area contributed by atoms with Gasteiger partial charge in [-0.3, -0.25) is 9.59 Å². The predicted molar refractivity (Wildman–Crippen MR) is 80.6 cm³/mol. The lowest BCUT2D eigenvalue weighted by Crippen LogP contribution is -2.64. The number of hydrogen-bond donors (Lipinski definition) is 1. The molecule has 0 spiro atoms. The predicted octanol–water partition coefficient (Wildman–Crippen LogP) is 2.05. The molecule has 0 radical (unpaired) electrons. The SMILES string of the molecule is CCC1NC(=O)C(C(C)C)N(CCc2ccsc2)C1=O. The Balaban J connectivity index is 2.13. The van der Waals surface area contributed by atoms with Crippen molar-refractivity contribution in [2.24, 2.45) is 5.92 Å². The lowest BCUT2D eigenvalue weighted by atomic mass is 9.96. The molecular formula is C15H22N2O2S. The van der Waals surface area contributed by atoms with Crippen molar-refractivity contribution in [2.75, 3.05) is 6.54 Å². The highest BCUT2D eigenvalue weighted by Gasteiger charge is 2.40. The first-order chi connectivity index (χ1) is 9.54. The van der Waals surface area contributed by atoms with E-state index in [1.54, 1.807) is 16.2 Å². The highest BCUT2D eigenvalue weighted by Crippen LogP contribution is 2.19. The largest absolute Gasteiger partial charge is 0.343 e. The van der Waals surface area contributed by atoms with Gasteiger partial charge in [0, 0.05) is 6.54 Å². The van der Waals surface area contributed by atoms with Crippen molar-refractivity contribution >= 4 is 23.2 Å². The van der Waals surface area contributed by atoms with Gasteiger partial charge in [0.25, 0.3) is 0 Å². The number of thiophene rings is 1. The van der Waals surface area contributed by atoms with E-state index in [-0.39, 0.29) is 29.8 Å². The van der Waals surface area contributed by atoms with Crippen LogP contribution in [0.4, 0.5) is 0 Å². The Morgan fingerprint density at radius 2 is 2.15 bits per heavy atom. The molecule has 110 valence electrons. The zero-order chi connectivity index (χ0) is 14.7. The van der Waals surface area contributed by atoms with E-state index in [0.717, 1.165) is 6.42 Å². The van der Waals surface area contributed by atoms with E-state index in [1.165, 1.54) is 5.56 Å². The first-order valence-corrected chi connectivity index (χ1v) is 8.10. The van der Waals surface area contributed by atoms with Crippen LogP contribution in [-0.4, -0.2) is 35.3 Å². The van der Waals surface area contributed by atoms with Crippen molar-refractivity contribution in [3.05, 3.63) is 22.4 Å². The van der Waals surface area contributed by atoms with Crippen molar-refractivity contribution in [3.63, 3.8) is 0 Å². The number of carbonyl (C=O) groups is 2. The van der Waals surface area contributed by atoms with Gasteiger partial charge in [0.05, 0.1) is 0 Å². The Kier molecular flexibility index (Phi) is 4.81. The minimum Gasteiger partial charge on any atom is -0.343 e. The molecule has 0 saturated carbocycles. The summed E-state index contributed by atoms with van der Waals surface area (Å²) in [5.74, 6) is 0.164. The molecule has 2 amide bonds. The summed E-state index contributed by atoms with van der Waals surface area (Å²) in [4.78, 5) is 26.5. The van der Waals surface area contributed by atoms with E-state index in [0.29, 0.717) is 13.0 Å². The summed E-state index contributed by atoms with van der Waals surface area (Å²) >= 11 is 1.66. The molecular weight excluding hydrogens is 272 g/mol. The van der Waals surface area contributed by atoms with Gasteiger partial charge in [0.15, 0.2) is 0 Å². The smallest absolute Gasteiger partial charge is 0.245 e. The molecule has 1 aliphatic heterocycles. The van der Waals surface area contributed by atoms with Gasteiger partial charge in [-0.05, 0) is 41.1 Å². The van der Waals surface area contributed by atoms with E-state index in [9.17, 15) is 9.59 Å². The Bertz CT molecular complexity index is 470. The van der Waals surface area contributed by atoms with Crippen LogP contribution in [0, 0.1) is 5.92 Å². The molecule has 2 rings (SSSR count). The quantitative estimate of drug-likeness (QED) is 0.903. The Hall–Kier alpha value is -1.36. The molecule has 1 aromatic heterocycles. The molecule has 4 nitrogen and oxygen atoms in total. The second kappa shape index (κ2) is 6.39. The van der Waals surface area contributed by atoms with Crippen LogP contribution in [0.15, 0.2) is 16.8 Å². The summed E-state index contributed by atoms with van der Waals surface area (Å²) < 4.78 is 0. The highest BCUT2D eigenvalue weighted by molar-refractivity contribution is 7.07. The van der Waals surface area contributed by atoms with Crippen LogP contribution >= 0.6 is 11.3 Å². The van der Waals surface area contributed by atoms with Crippen LogP contribution in [0.5, 0.6) is 0 Å². The summed E-state index contributed by atoms with van der Waals surface area (Å²) in [5.41, 5.74) is 1.23. The number of nitrogens with zero attached hydrogens (tertiary/aromatic N) is 1. The minimum absolute atomic E-state index is 0.0169. The van der Waals surface area contributed by atoms with Gasteiger partial charge in [0.2, 0.25) is 11.8 Å². The highest BCUT2D eigenvalue weighted by atomic mass is 32.1. The Morgan fingerprint density at radius 3 is 2.70 bits per heavy atom. The summed E-state index contributed by atoms with van der Waals surface area (Å²) in [7, 11) is 0. The molecule has 1 N–H and O–H groups in total. The van der Waals surface area contributed by atoms with Crippen molar-refractivity contribution in [1.29, 1.82) is 0 Å². The molecule has 0 aromatic carbocycles. The molecule has 1 aliphatic rings. The molecule has 0 aliphatic carbocycles. The summed E-state index contributed by atoms with van der Waals surface area (Å²) in [5, 5.41) is 6.97. The van der Waals surface area contributed by atoms with Gasteiger partial charge in [-0.25, -0.2) is 0 Å². The van der Waals surface area contributed by atoms with Crippen molar-refractivity contribution in [2.45, 2.75) is 45.7 Å². The van der Waals surface area contributed by atoms with Gasteiger partial charge >= 0.3 is 0 Å². The Labute approximate surface area is 124 Å². The fourth-order valence-corrected chi connectivity index (χ4v) is 3.37. The van der Waals surface area contributed by atoms with E-state index in [4.69, 9.17) is 0 Å². The maximum Gasteiger partial charge on any atom is 0.245 e. The molecule has 1 aromatic rings. The number of piperazine rings is 1. The second-order valence-corrected chi connectivity index (χ2v) is 6.35. The van der Waals surface area contributed by atoms with Crippen LogP contribution < -0.4 is 5.32 Å². The van der Waals surface area contributed by atoms with Crippen molar-refractivity contribution < 1.29 is 9.59 Å². The number of amides is 2. The van der Waals surface area contributed by atoms with Crippen LogP contribution in [0.1, 0.15) is 32.8 Å². The van der Waals surface area contributed by atoms with Crippen LogP contribution in [-0.2, 0) is 16.0 Å². The zero-order valence-electron chi connectivity index (χ0n) is 12.3. The van der Waals surface area contributed by atoms with E-state index < -0.39 is 0 Å². The second-order valence-electron chi connectivity index (χ2n) is 5.57. The molecule has 2 atom stereocenters. The van der Waals surface area contributed by atoms with Gasteiger partial charge in [-0.15, -0.1) is 0 Å². The van der Waals surface area contributed by atoms with Gasteiger partial charge < -0.3 is 10.2 Å².